The summed E-state index contributed by atoms with van der Waals surface area (Å²) in [5.74, 6) is 0.396. The van der Waals surface area contributed by atoms with E-state index < -0.39 is 0 Å². The van der Waals surface area contributed by atoms with Crippen molar-refractivity contribution in [2.24, 2.45) is 0 Å². The van der Waals surface area contributed by atoms with Crippen LogP contribution in [-0.4, -0.2) is 33.7 Å². The zero-order valence-electron chi connectivity index (χ0n) is 11.4. The Hall–Kier alpha value is -2.35. The summed E-state index contributed by atoms with van der Waals surface area (Å²) in [6.07, 6.45) is 3.89. The van der Waals surface area contributed by atoms with Gasteiger partial charge in [0.15, 0.2) is 0 Å². The number of nitrogens with one attached hydrogen (secondary N) is 2. The first kappa shape index (κ1) is 15.0. The SMILES string of the molecule is CSc1ncccc1C(=O)NCCc1nc(N)cc(=O)[nH]1. The highest BCUT2D eigenvalue weighted by molar-refractivity contribution is 7.98. The van der Waals surface area contributed by atoms with Crippen molar-refractivity contribution in [3.05, 3.63) is 46.1 Å². The van der Waals surface area contributed by atoms with E-state index in [1.165, 1.54) is 17.8 Å². The molecule has 2 aromatic heterocycles. The van der Waals surface area contributed by atoms with Crippen molar-refractivity contribution in [3.63, 3.8) is 0 Å². The highest BCUT2D eigenvalue weighted by Gasteiger charge is 2.11. The second-order valence-electron chi connectivity index (χ2n) is 4.18. The molecule has 2 heterocycles. The highest BCUT2D eigenvalue weighted by atomic mass is 32.2. The molecule has 0 aliphatic rings. The number of nitrogens with two attached hydrogens (primary N) is 1. The molecule has 0 spiro atoms. The molecule has 0 bridgehead atoms. The number of nitrogen functional groups attached to an aromatic ring is 1. The molecule has 0 fully saturated rings. The van der Waals surface area contributed by atoms with Crippen molar-refractivity contribution in [3.8, 4) is 0 Å². The van der Waals surface area contributed by atoms with E-state index in [2.05, 4.69) is 20.3 Å². The predicted molar refractivity (Wildman–Crippen MR) is 81.3 cm³/mol. The van der Waals surface area contributed by atoms with E-state index in [4.69, 9.17) is 5.73 Å². The van der Waals surface area contributed by atoms with Gasteiger partial charge in [0.05, 0.1) is 5.56 Å². The Labute approximate surface area is 125 Å². The molecule has 0 radical (unpaired) electrons. The van der Waals surface area contributed by atoms with E-state index in [0.717, 1.165) is 0 Å². The second-order valence-corrected chi connectivity index (χ2v) is 4.98. The van der Waals surface area contributed by atoms with Crippen LogP contribution in [0, 0.1) is 0 Å². The van der Waals surface area contributed by atoms with Crippen LogP contribution in [0.5, 0.6) is 0 Å². The molecule has 2 rings (SSSR count). The van der Waals surface area contributed by atoms with Gasteiger partial charge in [-0.2, -0.15) is 0 Å². The van der Waals surface area contributed by atoms with Gasteiger partial charge in [0, 0.05) is 25.2 Å². The van der Waals surface area contributed by atoms with Crippen LogP contribution in [0.2, 0.25) is 0 Å². The van der Waals surface area contributed by atoms with E-state index in [0.29, 0.717) is 29.4 Å². The first-order chi connectivity index (χ1) is 10.1. The maximum Gasteiger partial charge on any atom is 0.254 e. The van der Waals surface area contributed by atoms with Crippen LogP contribution < -0.4 is 16.6 Å². The Morgan fingerprint density at radius 1 is 1.52 bits per heavy atom. The topological polar surface area (TPSA) is 114 Å². The quantitative estimate of drug-likeness (QED) is 0.691. The molecule has 1 amide bonds. The molecular weight excluding hydrogens is 290 g/mol. The fourth-order valence-electron chi connectivity index (χ4n) is 1.76. The Morgan fingerprint density at radius 3 is 3.05 bits per heavy atom. The van der Waals surface area contributed by atoms with Gasteiger partial charge in [-0.1, -0.05) is 0 Å². The average Bonchev–Trinajstić information content (AvgIpc) is 2.46. The van der Waals surface area contributed by atoms with Crippen molar-refractivity contribution in [2.45, 2.75) is 11.4 Å². The van der Waals surface area contributed by atoms with Crippen LogP contribution in [0.3, 0.4) is 0 Å². The summed E-state index contributed by atoms with van der Waals surface area (Å²) in [5, 5.41) is 3.44. The maximum atomic E-state index is 12.1. The number of carbonyl (C=O) groups excluding carboxylic acids is 1. The molecule has 0 aliphatic carbocycles. The van der Waals surface area contributed by atoms with Crippen LogP contribution in [0.15, 0.2) is 34.2 Å². The van der Waals surface area contributed by atoms with Crippen LogP contribution in [0.25, 0.3) is 0 Å². The number of amides is 1. The lowest BCUT2D eigenvalue weighted by Crippen LogP contribution is -2.27. The van der Waals surface area contributed by atoms with Crippen LogP contribution in [-0.2, 0) is 6.42 Å². The van der Waals surface area contributed by atoms with Crippen molar-refractivity contribution >= 4 is 23.5 Å². The fourth-order valence-corrected chi connectivity index (χ4v) is 2.31. The fraction of sp³-hybridized carbons (Fsp3) is 0.231. The van der Waals surface area contributed by atoms with Gasteiger partial charge in [-0.3, -0.25) is 9.59 Å². The second kappa shape index (κ2) is 6.89. The zero-order valence-corrected chi connectivity index (χ0v) is 12.2. The largest absolute Gasteiger partial charge is 0.383 e. The summed E-state index contributed by atoms with van der Waals surface area (Å²) < 4.78 is 0. The van der Waals surface area contributed by atoms with Crippen molar-refractivity contribution in [1.29, 1.82) is 0 Å². The molecule has 0 unspecified atom stereocenters. The monoisotopic (exact) mass is 305 g/mol. The normalized spacial score (nSPS) is 10.3. The van der Waals surface area contributed by atoms with E-state index in [-0.39, 0.29) is 17.3 Å². The van der Waals surface area contributed by atoms with Gasteiger partial charge in [0.2, 0.25) is 0 Å². The van der Waals surface area contributed by atoms with Crippen LogP contribution >= 0.6 is 11.8 Å². The first-order valence-corrected chi connectivity index (χ1v) is 7.45. The van der Waals surface area contributed by atoms with E-state index >= 15 is 0 Å². The average molecular weight is 305 g/mol. The molecule has 110 valence electrons. The summed E-state index contributed by atoms with van der Waals surface area (Å²) in [5.41, 5.74) is 5.71. The number of H-pyrrole nitrogens is 1. The molecule has 0 atom stereocenters. The maximum absolute atomic E-state index is 12.1. The third kappa shape index (κ3) is 4.06. The molecule has 2 aromatic rings. The van der Waals surface area contributed by atoms with Crippen LogP contribution in [0.1, 0.15) is 16.2 Å². The Morgan fingerprint density at radius 2 is 2.33 bits per heavy atom. The molecule has 0 aromatic carbocycles. The van der Waals surface area contributed by atoms with E-state index in [9.17, 15) is 9.59 Å². The summed E-state index contributed by atoms with van der Waals surface area (Å²) >= 11 is 1.41. The molecule has 0 saturated carbocycles. The number of anilines is 1. The number of pyridine rings is 1. The van der Waals surface area contributed by atoms with Gasteiger partial charge in [-0.25, -0.2) is 9.97 Å². The number of carbonyl (C=O) groups is 1. The Bertz CT molecular complexity index is 701. The third-order valence-electron chi connectivity index (χ3n) is 2.67. The molecule has 7 nitrogen and oxygen atoms in total. The Balaban J connectivity index is 1.97. The highest BCUT2D eigenvalue weighted by Crippen LogP contribution is 2.16. The lowest BCUT2D eigenvalue weighted by molar-refractivity contribution is 0.0950. The molecule has 21 heavy (non-hydrogen) atoms. The molecule has 4 N–H and O–H groups in total. The number of rotatable bonds is 5. The number of nitrogens with zero attached hydrogens (tertiary/aromatic N) is 2. The lowest BCUT2D eigenvalue weighted by atomic mass is 10.2. The predicted octanol–water partition coefficient (Wildman–Crippen LogP) is 0.442. The zero-order chi connectivity index (χ0) is 15.2. The van der Waals surface area contributed by atoms with E-state index in [1.54, 1.807) is 18.3 Å². The third-order valence-corrected chi connectivity index (χ3v) is 3.38. The van der Waals surface area contributed by atoms with Crippen LogP contribution in [0.4, 0.5) is 5.82 Å². The Kier molecular flexibility index (Phi) is 4.94. The minimum atomic E-state index is -0.305. The first-order valence-electron chi connectivity index (χ1n) is 6.23. The molecule has 0 aliphatic heterocycles. The summed E-state index contributed by atoms with van der Waals surface area (Å²) in [4.78, 5) is 34.0. The van der Waals surface area contributed by atoms with Gasteiger partial charge in [0.1, 0.15) is 16.7 Å². The van der Waals surface area contributed by atoms with Gasteiger partial charge in [-0.15, -0.1) is 11.8 Å². The van der Waals surface area contributed by atoms with Gasteiger partial charge in [-0.05, 0) is 18.4 Å². The van der Waals surface area contributed by atoms with Crippen molar-refractivity contribution in [1.82, 2.24) is 20.3 Å². The number of thioether (sulfide) groups is 1. The van der Waals surface area contributed by atoms with Gasteiger partial charge in [0.25, 0.3) is 11.5 Å². The lowest BCUT2D eigenvalue weighted by Gasteiger charge is -2.07. The number of aromatic nitrogens is 3. The number of aromatic amines is 1. The van der Waals surface area contributed by atoms with Crippen molar-refractivity contribution < 1.29 is 4.79 Å². The molecule has 0 saturated heterocycles. The number of hydrogen-bond donors (Lipinski definition) is 3. The summed E-state index contributed by atoms with van der Waals surface area (Å²) in [6.45, 7) is 0.341. The minimum Gasteiger partial charge on any atom is -0.383 e. The molecule has 8 heteroatoms. The number of hydrogen-bond acceptors (Lipinski definition) is 6. The summed E-state index contributed by atoms with van der Waals surface area (Å²) in [7, 11) is 0. The van der Waals surface area contributed by atoms with Crippen molar-refractivity contribution in [2.75, 3.05) is 18.5 Å². The molecular formula is C13H15N5O2S. The van der Waals surface area contributed by atoms with Gasteiger partial charge >= 0.3 is 0 Å². The minimum absolute atomic E-state index is 0.164. The smallest absolute Gasteiger partial charge is 0.254 e. The van der Waals surface area contributed by atoms with Gasteiger partial charge < -0.3 is 16.0 Å². The van der Waals surface area contributed by atoms with E-state index in [1.807, 2.05) is 6.26 Å². The summed E-state index contributed by atoms with van der Waals surface area (Å²) in [6, 6.07) is 4.64. The standard InChI is InChI=1S/C13H15N5O2S/c1-21-13-8(3-2-5-16-13)12(20)15-6-4-10-17-9(14)7-11(19)18-10/h2-3,5,7H,4,6H2,1H3,(H,15,20)(H3,14,17,18,19).